The standard InChI is InChI=1S/C15H8F3.C9H13.C2H6Si.Zr/c16-13-8-15(18)14(17)7-12(13)11-6-5-9-3-1-2-4-10(9)11;1-6-5-7(2)9(4)8(6)3;1-3-2;/h1-8H;5H,1-4H3;1-2H3;. The molecule has 2 aliphatic carbocycles. The van der Waals surface area contributed by atoms with Crippen molar-refractivity contribution in [1.82, 2.24) is 0 Å². The van der Waals surface area contributed by atoms with Gasteiger partial charge in [0.25, 0.3) is 0 Å². The molecule has 2 aliphatic rings. The molecule has 0 bridgehead atoms. The van der Waals surface area contributed by atoms with E-state index in [-0.39, 0.29) is 5.56 Å². The van der Waals surface area contributed by atoms with Crippen LogP contribution in [0, 0.1) is 17.5 Å². The molecule has 160 valence electrons. The molecule has 0 aromatic heterocycles. The maximum absolute atomic E-state index is 14.8. The van der Waals surface area contributed by atoms with Crippen LogP contribution in [0.2, 0.25) is 16.7 Å². The Morgan fingerprint density at radius 3 is 1.97 bits per heavy atom. The van der Waals surface area contributed by atoms with E-state index in [2.05, 4.69) is 52.9 Å². The van der Waals surface area contributed by atoms with Crippen molar-refractivity contribution >= 4 is 11.0 Å². The van der Waals surface area contributed by atoms with Gasteiger partial charge in [-0.2, -0.15) is 0 Å². The van der Waals surface area contributed by atoms with E-state index in [1.54, 1.807) is 0 Å². The molecule has 4 rings (SSSR count). The summed E-state index contributed by atoms with van der Waals surface area (Å²) in [7, 11) is 0. The minimum absolute atomic E-state index is 0.163. The molecule has 0 spiro atoms. The van der Waals surface area contributed by atoms with E-state index >= 15 is 0 Å². The average Bonchev–Trinajstić information content (AvgIpc) is 3.18. The van der Waals surface area contributed by atoms with Crippen molar-refractivity contribution in [3.63, 3.8) is 0 Å². The van der Waals surface area contributed by atoms with E-state index in [1.165, 1.54) is 27.9 Å². The van der Waals surface area contributed by atoms with E-state index in [0.29, 0.717) is 18.9 Å². The minimum atomic E-state index is -2.17. The Morgan fingerprint density at radius 2 is 1.35 bits per heavy atom. The molecule has 0 fully saturated rings. The fraction of sp³-hybridized carbons (Fsp3) is 0.308. The molecule has 2 aromatic carbocycles. The second kappa shape index (κ2) is 8.48. The van der Waals surface area contributed by atoms with Crippen LogP contribution in [0.5, 0.6) is 0 Å². The van der Waals surface area contributed by atoms with Gasteiger partial charge in [-0.3, -0.25) is 0 Å². The Kier molecular flexibility index (Phi) is 6.22. The van der Waals surface area contributed by atoms with E-state index in [1.807, 2.05) is 18.2 Å². The van der Waals surface area contributed by atoms with Gasteiger partial charge in [-0.25, -0.2) is 0 Å². The number of rotatable bonds is 3. The summed E-state index contributed by atoms with van der Waals surface area (Å²) in [6.07, 6.45) is 2.19. The van der Waals surface area contributed by atoms with Crippen LogP contribution in [-0.2, 0) is 20.4 Å². The van der Waals surface area contributed by atoms with Gasteiger partial charge in [-0.1, -0.05) is 0 Å². The predicted molar refractivity (Wildman–Crippen MR) is 121 cm³/mol. The van der Waals surface area contributed by atoms with Crippen LogP contribution < -0.4 is 0 Å². The molecule has 0 saturated carbocycles. The van der Waals surface area contributed by atoms with Gasteiger partial charge in [-0.15, -0.1) is 0 Å². The molecular weight excluding hydrogens is 489 g/mol. The van der Waals surface area contributed by atoms with Crippen molar-refractivity contribution in [2.24, 2.45) is 0 Å². The molecule has 5 heteroatoms. The first-order valence-corrected chi connectivity index (χ1v) is 19.6. The fourth-order valence-electron chi connectivity index (χ4n) is 5.18. The third-order valence-electron chi connectivity index (χ3n) is 7.05. The number of benzene rings is 2. The van der Waals surface area contributed by atoms with Gasteiger partial charge in [0, 0.05) is 0 Å². The summed E-state index contributed by atoms with van der Waals surface area (Å²) < 4.78 is 43.2. The zero-order valence-electron chi connectivity index (χ0n) is 18.8. The zero-order chi connectivity index (χ0) is 22.6. The molecule has 0 N–H and O–H groups in total. The third-order valence-corrected chi connectivity index (χ3v) is 26.8. The number of hydrogen-bond donors (Lipinski definition) is 0. The first-order chi connectivity index (χ1) is 14.6. The first-order valence-electron chi connectivity index (χ1n) is 10.6. The van der Waals surface area contributed by atoms with E-state index in [9.17, 15) is 13.2 Å². The van der Waals surface area contributed by atoms with Crippen LogP contribution >= 0.6 is 0 Å². The maximum atomic E-state index is 14.8. The fourth-order valence-corrected chi connectivity index (χ4v) is 25.7. The third kappa shape index (κ3) is 3.72. The summed E-state index contributed by atoms with van der Waals surface area (Å²) in [5, 5.41) is 0. The topological polar surface area (TPSA) is 0 Å². The van der Waals surface area contributed by atoms with Crippen LogP contribution in [0.4, 0.5) is 13.2 Å². The monoisotopic (exact) mass is 514 g/mol. The van der Waals surface area contributed by atoms with Crippen molar-refractivity contribution in [1.29, 1.82) is 0 Å². The molecule has 0 radical (unpaired) electrons. The van der Waals surface area contributed by atoms with Crippen LogP contribution in [-0.4, -0.2) is 5.43 Å². The summed E-state index contributed by atoms with van der Waals surface area (Å²) >= 11 is -2.17. The summed E-state index contributed by atoms with van der Waals surface area (Å²) in [4.78, 5) is 0. The van der Waals surface area contributed by atoms with Gasteiger partial charge >= 0.3 is 191 Å². The van der Waals surface area contributed by atoms with E-state index in [4.69, 9.17) is 0 Å². The quantitative estimate of drug-likeness (QED) is 0.288. The Morgan fingerprint density at radius 1 is 0.774 bits per heavy atom. The van der Waals surface area contributed by atoms with Crippen molar-refractivity contribution in [2.45, 2.75) is 48.0 Å². The van der Waals surface area contributed by atoms with Crippen LogP contribution in [0.15, 0.2) is 64.8 Å². The van der Waals surface area contributed by atoms with Gasteiger partial charge in [0.15, 0.2) is 0 Å². The summed E-state index contributed by atoms with van der Waals surface area (Å²) in [5.41, 5.74) is 8.38. The van der Waals surface area contributed by atoms with Gasteiger partial charge in [0.05, 0.1) is 0 Å². The SMILES string of the molecule is CC1=C(C)[CH]([Zr]([CH]2C=C(c3cc(F)c(F)cc3F)c3ccccc32)=[Si](C)C)C(C)=C1C. The number of hydrogen-bond acceptors (Lipinski definition) is 0. The zero-order valence-corrected chi connectivity index (χ0v) is 22.3. The molecule has 1 atom stereocenters. The Balaban J connectivity index is 1.93. The van der Waals surface area contributed by atoms with Gasteiger partial charge < -0.3 is 0 Å². The molecule has 31 heavy (non-hydrogen) atoms. The Hall–Kier alpha value is -1.45. The summed E-state index contributed by atoms with van der Waals surface area (Å²) in [6.45, 7) is 13.9. The Bertz CT molecular complexity index is 1210. The summed E-state index contributed by atoms with van der Waals surface area (Å²) in [6, 6.07) is 9.82. The van der Waals surface area contributed by atoms with Crippen LogP contribution in [0.1, 0.15) is 48.0 Å². The van der Waals surface area contributed by atoms with Crippen LogP contribution in [0.3, 0.4) is 0 Å². The van der Waals surface area contributed by atoms with Crippen molar-refractivity contribution in [3.05, 3.63) is 98.9 Å². The molecule has 0 amide bonds. The second-order valence-electron chi connectivity index (χ2n) is 8.90. The number of allylic oxidation sites excluding steroid dienone is 5. The molecule has 2 aromatic rings. The van der Waals surface area contributed by atoms with E-state index in [0.717, 1.165) is 11.6 Å². The van der Waals surface area contributed by atoms with Crippen LogP contribution in [0.25, 0.3) is 5.57 Å². The molecule has 1 unspecified atom stereocenters. The first kappa shape index (κ1) is 22.7. The second-order valence-corrected chi connectivity index (χ2v) is 26.9. The van der Waals surface area contributed by atoms with Crippen molar-refractivity contribution < 1.29 is 33.5 Å². The average molecular weight is 516 g/mol. The van der Waals surface area contributed by atoms with Gasteiger partial charge in [0.2, 0.25) is 0 Å². The van der Waals surface area contributed by atoms with Gasteiger partial charge in [0.1, 0.15) is 0 Å². The van der Waals surface area contributed by atoms with Gasteiger partial charge in [-0.05, 0) is 0 Å². The van der Waals surface area contributed by atoms with E-state index < -0.39 is 43.3 Å². The molecule has 0 nitrogen and oxygen atoms in total. The van der Waals surface area contributed by atoms with Crippen molar-refractivity contribution in [3.8, 4) is 0 Å². The number of halogens is 3. The molecule has 0 aliphatic heterocycles. The normalized spacial score (nSPS) is 18.6. The summed E-state index contributed by atoms with van der Waals surface area (Å²) in [5.74, 6) is -2.86. The Labute approximate surface area is 190 Å². The van der Waals surface area contributed by atoms with Crippen molar-refractivity contribution in [2.75, 3.05) is 0 Å². The molecule has 0 heterocycles. The number of fused-ring (bicyclic) bond motifs is 1. The predicted octanol–water partition coefficient (Wildman–Crippen LogP) is 7.93. The molecule has 0 saturated heterocycles. The molecular formula is C26H27F3SiZr.